The molecule has 0 aromatic heterocycles. The Morgan fingerprint density at radius 1 is 1.04 bits per heavy atom. The molecule has 49 heavy (non-hydrogen) atoms. The van der Waals surface area contributed by atoms with Crippen molar-refractivity contribution in [1.82, 2.24) is 14.5 Å². The smallest absolute Gasteiger partial charge is 0.407 e. The second-order valence-corrected chi connectivity index (χ2v) is 15.0. The van der Waals surface area contributed by atoms with Crippen molar-refractivity contribution in [3.63, 3.8) is 0 Å². The van der Waals surface area contributed by atoms with Crippen molar-refractivity contribution in [2.24, 2.45) is 11.8 Å². The average molecular weight is 706 g/mol. The highest BCUT2D eigenvalue weighted by Crippen LogP contribution is 2.35. The minimum absolute atomic E-state index is 0.00298. The second-order valence-electron chi connectivity index (χ2n) is 13.1. The number of nitrogens with one attached hydrogen (secondary N) is 1. The number of rotatable bonds is 16. The van der Waals surface area contributed by atoms with E-state index in [9.17, 15) is 23.1 Å². The summed E-state index contributed by atoms with van der Waals surface area (Å²) in [4.78, 5) is 26.6. The summed E-state index contributed by atoms with van der Waals surface area (Å²) < 4.78 is 62.4. The molecule has 0 aliphatic carbocycles. The van der Waals surface area contributed by atoms with Crippen LogP contribution in [0.4, 0.5) is 4.79 Å². The van der Waals surface area contributed by atoms with Crippen LogP contribution in [0.1, 0.15) is 38.7 Å². The topological polar surface area (TPSA) is 162 Å². The molecule has 0 saturated carbocycles. The summed E-state index contributed by atoms with van der Waals surface area (Å²) in [5.74, 6) is 1.28. The zero-order chi connectivity index (χ0) is 35.1. The fraction of sp³-hybridized carbons (Fsp3) is 0.588. The van der Waals surface area contributed by atoms with Crippen molar-refractivity contribution in [1.29, 1.82) is 0 Å². The SMILES string of the molecule is CC(C)CN(C[C@@H](O)[C@H](Cc1ccc(OCCCC(=O)N(C)C)cc1)NC(=O)O[C@@H]1CO[C@H]2OCC[C@H]21)S(=O)(=O)c1ccc2c(c1)OCO2. The number of carbonyl (C=O) groups is 2. The molecule has 270 valence electrons. The lowest BCUT2D eigenvalue weighted by Gasteiger charge is -2.31. The molecule has 2 saturated heterocycles. The number of amides is 2. The molecule has 0 radical (unpaired) electrons. The van der Waals surface area contributed by atoms with Gasteiger partial charge in [-0.2, -0.15) is 4.31 Å². The first-order valence-corrected chi connectivity index (χ1v) is 18.0. The van der Waals surface area contributed by atoms with E-state index >= 15 is 0 Å². The molecule has 5 rings (SSSR count). The van der Waals surface area contributed by atoms with Gasteiger partial charge in [-0.3, -0.25) is 4.79 Å². The third kappa shape index (κ3) is 9.54. The number of aliphatic hydroxyl groups excluding tert-OH is 1. The minimum Gasteiger partial charge on any atom is -0.494 e. The van der Waals surface area contributed by atoms with Crippen LogP contribution in [0.5, 0.6) is 17.2 Å². The second kappa shape index (κ2) is 16.4. The zero-order valence-electron chi connectivity index (χ0n) is 28.4. The lowest BCUT2D eigenvalue weighted by atomic mass is 10.0. The molecule has 0 spiro atoms. The molecule has 0 unspecified atom stereocenters. The minimum atomic E-state index is -4.08. The fourth-order valence-electron chi connectivity index (χ4n) is 5.97. The van der Waals surface area contributed by atoms with Crippen LogP contribution in [0.25, 0.3) is 0 Å². The summed E-state index contributed by atoms with van der Waals surface area (Å²) in [5, 5.41) is 14.4. The monoisotopic (exact) mass is 705 g/mol. The number of fused-ring (bicyclic) bond motifs is 2. The summed E-state index contributed by atoms with van der Waals surface area (Å²) in [6.45, 7) is 4.70. The Kier molecular flexibility index (Phi) is 12.3. The molecule has 3 heterocycles. The first-order valence-electron chi connectivity index (χ1n) is 16.6. The quantitative estimate of drug-likeness (QED) is 0.247. The van der Waals surface area contributed by atoms with Crippen molar-refractivity contribution < 1.29 is 51.5 Å². The summed E-state index contributed by atoms with van der Waals surface area (Å²) in [7, 11) is -0.656. The van der Waals surface area contributed by atoms with Crippen LogP contribution >= 0.6 is 0 Å². The maximum absolute atomic E-state index is 13.9. The molecular formula is C34H47N3O11S. The molecule has 5 atom stereocenters. The van der Waals surface area contributed by atoms with Crippen molar-refractivity contribution >= 4 is 22.0 Å². The molecule has 2 aromatic rings. The number of alkyl carbamates (subject to hydrolysis) is 1. The third-order valence-corrected chi connectivity index (χ3v) is 10.5. The predicted octanol–water partition coefficient (Wildman–Crippen LogP) is 2.77. The maximum atomic E-state index is 13.9. The molecule has 2 fully saturated rings. The molecule has 3 aliphatic heterocycles. The normalized spacial score (nSPS) is 21.0. The van der Waals surface area contributed by atoms with Gasteiger partial charge in [0.2, 0.25) is 22.7 Å². The van der Waals surface area contributed by atoms with Crippen LogP contribution < -0.4 is 19.5 Å². The van der Waals surface area contributed by atoms with Gasteiger partial charge in [0.1, 0.15) is 11.9 Å². The van der Waals surface area contributed by atoms with Gasteiger partial charge in [0.15, 0.2) is 17.8 Å². The van der Waals surface area contributed by atoms with Crippen LogP contribution in [-0.4, -0.2) is 113 Å². The van der Waals surface area contributed by atoms with Crippen LogP contribution in [0.3, 0.4) is 0 Å². The third-order valence-electron chi connectivity index (χ3n) is 8.63. The molecular weight excluding hydrogens is 658 g/mol. The van der Waals surface area contributed by atoms with Crippen LogP contribution in [-0.2, 0) is 35.4 Å². The lowest BCUT2D eigenvalue weighted by molar-refractivity contribution is -0.128. The largest absolute Gasteiger partial charge is 0.494 e. The number of hydrogen-bond acceptors (Lipinski definition) is 11. The van der Waals surface area contributed by atoms with Gasteiger partial charge in [-0.25, -0.2) is 13.2 Å². The summed E-state index contributed by atoms with van der Waals surface area (Å²) >= 11 is 0. The van der Waals surface area contributed by atoms with Gasteiger partial charge < -0.3 is 43.7 Å². The van der Waals surface area contributed by atoms with E-state index in [0.29, 0.717) is 49.7 Å². The zero-order valence-corrected chi connectivity index (χ0v) is 29.2. The molecule has 2 amide bonds. The van der Waals surface area contributed by atoms with Crippen molar-refractivity contribution in [2.75, 3.05) is 53.8 Å². The fourth-order valence-corrected chi connectivity index (χ4v) is 7.60. The van der Waals surface area contributed by atoms with Gasteiger partial charge in [0, 0.05) is 39.7 Å². The van der Waals surface area contributed by atoms with E-state index in [4.69, 9.17) is 28.4 Å². The number of benzene rings is 2. The molecule has 0 bridgehead atoms. The number of sulfonamides is 1. The van der Waals surface area contributed by atoms with Crippen LogP contribution in [0.15, 0.2) is 47.4 Å². The van der Waals surface area contributed by atoms with E-state index in [-0.39, 0.29) is 55.5 Å². The number of aliphatic hydroxyl groups is 1. The summed E-state index contributed by atoms with van der Waals surface area (Å²) in [6, 6.07) is 10.7. The number of nitrogens with zero attached hydrogens (tertiary/aromatic N) is 2. The Morgan fingerprint density at radius 2 is 1.80 bits per heavy atom. The maximum Gasteiger partial charge on any atom is 0.407 e. The van der Waals surface area contributed by atoms with Gasteiger partial charge in [-0.15, -0.1) is 0 Å². The predicted molar refractivity (Wildman–Crippen MR) is 177 cm³/mol. The molecule has 3 aliphatic rings. The summed E-state index contributed by atoms with van der Waals surface area (Å²) in [5.41, 5.74) is 0.766. The molecule has 2 N–H and O–H groups in total. The van der Waals surface area contributed by atoms with E-state index in [1.54, 1.807) is 37.2 Å². The highest BCUT2D eigenvalue weighted by molar-refractivity contribution is 7.89. The molecule has 2 aromatic carbocycles. The van der Waals surface area contributed by atoms with Gasteiger partial charge >= 0.3 is 6.09 Å². The van der Waals surface area contributed by atoms with Gasteiger partial charge in [0.25, 0.3) is 0 Å². The van der Waals surface area contributed by atoms with E-state index < -0.39 is 40.7 Å². The lowest BCUT2D eigenvalue weighted by Crippen LogP contribution is -2.51. The van der Waals surface area contributed by atoms with E-state index in [1.165, 1.54) is 16.4 Å². The Hall–Kier alpha value is -3.63. The summed E-state index contributed by atoms with van der Waals surface area (Å²) in [6.07, 6.45) is -1.14. The van der Waals surface area contributed by atoms with Gasteiger partial charge in [-0.05, 0) is 55.0 Å². The van der Waals surface area contributed by atoms with Crippen LogP contribution in [0, 0.1) is 11.8 Å². The van der Waals surface area contributed by atoms with E-state index in [1.807, 2.05) is 26.0 Å². The Morgan fingerprint density at radius 3 is 2.53 bits per heavy atom. The molecule has 14 nitrogen and oxygen atoms in total. The van der Waals surface area contributed by atoms with E-state index in [0.717, 1.165) is 5.56 Å². The average Bonchev–Trinajstić information content (AvgIpc) is 3.81. The highest BCUT2D eigenvalue weighted by atomic mass is 32.2. The van der Waals surface area contributed by atoms with Crippen molar-refractivity contribution in [3.8, 4) is 17.2 Å². The first kappa shape index (κ1) is 36.6. The Bertz CT molecular complexity index is 1540. The van der Waals surface area contributed by atoms with Gasteiger partial charge in [0.05, 0.1) is 42.8 Å². The van der Waals surface area contributed by atoms with Crippen molar-refractivity contribution in [3.05, 3.63) is 48.0 Å². The molecule has 15 heteroatoms. The Labute approximate surface area is 287 Å². The van der Waals surface area contributed by atoms with E-state index in [2.05, 4.69) is 5.32 Å². The highest BCUT2D eigenvalue weighted by Gasteiger charge is 2.44. The number of ether oxygens (including phenoxy) is 6. The first-order chi connectivity index (χ1) is 23.4. The van der Waals surface area contributed by atoms with Gasteiger partial charge in [-0.1, -0.05) is 26.0 Å². The van der Waals surface area contributed by atoms with Crippen molar-refractivity contribution in [2.45, 2.75) is 69.0 Å². The number of hydrogen-bond donors (Lipinski definition) is 2. The Balaban J connectivity index is 1.29. The van der Waals surface area contributed by atoms with Crippen LogP contribution in [0.2, 0.25) is 0 Å². The standard InChI is InChI=1S/C34H47N3O11S/c1-22(2)18-37(49(41,42)25-11-12-29-30(17-25)47-21-46-29)19-28(38)27(35-34(40)48-31-20-45-33-26(31)13-15-44-33)16-23-7-9-24(10-8-23)43-14-5-6-32(39)36(3)4/h7-12,17,22,26-28,31,33,38H,5-6,13-16,18-21H2,1-4H3,(H,35,40)/t26-,27-,28+,31+,33+/m0/s1. The number of carbonyl (C=O) groups excluding carboxylic acids is 2.